The number of benzene rings is 3. The van der Waals surface area contributed by atoms with E-state index in [-0.39, 0.29) is 11.4 Å². The molecule has 1 aliphatic heterocycles. The van der Waals surface area contributed by atoms with Crippen molar-refractivity contribution in [3.05, 3.63) is 116 Å². The van der Waals surface area contributed by atoms with E-state index in [2.05, 4.69) is 0 Å². The van der Waals surface area contributed by atoms with Crippen LogP contribution in [0.5, 0.6) is 5.75 Å². The second kappa shape index (κ2) is 7.81. The van der Waals surface area contributed by atoms with Crippen LogP contribution in [0.1, 0.15) is 28.5 Å². The molecule has 1 aliphatic rings. The molecule has 5 aromatic rings. The van der Waals surface area contributed by atoms with Gasteiger partial charge >= 0.3 is 5.69 Å². The molecule has 0 spiro atoms. The quantitative estimate of drug-likeness (QED) is 0.359. The summed E-state index contributed by atoms with van der Waals surface area (Å²) in [6, 6.07) is 19.9. The van der Waals surface area contributed by atoms with Gasteiger partial charge in [0.05, 0.1) is 28.0 Å². The van der Waals surface area contributed by atoms with Crippen molar-refractivity contribution in [1.82, 2.24) is 13.7 Å². The second-order valence-electron chi connectivity index (χ2n) is 9.33. The Balaban J connectivity index is 1.88. The van der Waals surface area contributed by atoms with Gasteiger partial charge in [-0.05, 0) is 54.8 Å². The maximum atomic E-state index is 13.8. The minimum absolute atomic E-state index is 0.354. The predicted molar refractivity (Wildman–Crippen MR) is 138 cm³/mol. The summed E-state index contributed by atoms with van der Waals surface area (Å²) in [5.41, 5.74) is 5.47. The van der Waals surface area contributed by atoms with E-state index in [0.29, 0.717) is 33.6 Å². The lowest BCUT2D eigenvalue weighted by Gasteiger charge is -2.30. The molecule has 3 heterocycles. The molecule has 0 amide bonds. The van der Waals surface area contributed by atoms with Crippen LogP contribution >= 0.6 is 0 Å². The Labute approximate surface area is 206 Å². The molecular formula is C29H24FN3O3. The lowest BCUT2D eigenvalue weighted by atomic mass is 10.0. The molecule has 1 atom stereocenters. The zero-order chi connectivity index (χ0) is 25.3. The van der Waals surface area contributed by atoms with E-state index >= 15 is 0 Å². The zero-order valence-electron chi connectivity index (χ0n) is 20.4. The molecule has 0 saturated carbocycles. The van der Waals surface area contributed by atoms with E-state index in [4.69, 9.17) is 4.74 Å². The van der Waals surface area contributed by atoms with E-state index in [1.54, 1.807) is 19.2 Å². The molecule has 0 saturated heterocycles. The van der Waals surface area contributed by atoms with Crippen LogP contribution in [0.2, 0.25) is 0 Å². The summed E-state index contributed by atoms with van der Waals surface area (Å²) in [5.74, 6) is 0.284. The summed E-state index contributed by atoms with van der Waals surface area (Å²) in [6.07, 6.45) is -0.668. The summed E-state index contributed by atoms with van der Waals surface area (Å²) in [4.78, 5) is 26.9. The van der Waals surface area contributed by atoms with E-state index in [9.17, 15) is 14.0 Å². The van der Waals surface area contributed by atoms with Crippen molar-refractivity contribution >= 4 is 10.9 Å². The number of fused-ring (bicyclic) bond motifs is 5. The van der Waals surface area contributed by atoms with Gasteiger partial charge in [-0.15, -0.1) is 0 Å². The van der Waals surface area contributed by atoms with E-state index in [1.165, 1.54) is 23.7 Å². The van der Waals surface area contributed by atoms with Gasteiger partial charge in [0.2, 0.25) is 0 Å². The van der Waals surface area contributed by atoms with E-state index in [0.717, 1.165) is 26.9 Å². The molecule has 0 fully saturated rings. The lowest BCUT2D eigenvalue weighted by Crippen LogP contribution is -2.37. The van der Waals surface area contributed by atoms with Gasteiger partial charge in [0.25, 0.3) is 5.56 Å². The average Bonchev–Trinajstić information content (AvgIpc) is 3.23. The van der Waals surface area contributed by atoms with Crippen LogP contribution < -0.4 is 16.0 Å². The SMILES string of the molecule is Cc1ccc2c(c1)-n1c(-c3ccccc3C)c3c(=O)n(C)c(=O)n(C)c3c1[C@H](c1ccc(F)cc1)O2. The molecular weight excluding hydrogens is 457 g/mol. The Bertz CT molecular complexity index is 1810. The number of aromatic nitrogens is 3. The van der Waals surface area contributed by atoms with Crippen LogP contribution in [-0.4, -0.2) is 13.7 Å². The first-order chi connectivity index (χ1) is 17.3. The fourth-order valence-electron chi connectivity index (χ4n) is 5.23. The molecule has 6 rings (SSSR count). The second-order valence-corrected chi connectivity index (χ2v) is 9.33. The van der Waals surface area contributed by atoms with Gasteiger partial charge in [-0.3, -0.25) is 13.9 Å². The third-order valence-corrected chi connectivity index (χ3v) is 7.03. The number of hydrogen-bond acceptors (Lipinski definition) is 3. The van der Waals surface area contributed by atoms with E-state index in [1.807, 2.05) is 60.9 Å². The summed E-state index contributed by atoms with van der Waals surface area (Å²) in [7, 11) is 3.16. The van der Waals surface area contributed by atoms with Crippen LogP contribution in [0, 0.1) is 19.7 Å². The van der Waals surface area contributed by atoms with Crippen molar-refractivity contribution in [2.24, 2.45) is 14.1 Å². The fourth-order valence-corrected chi connectivity index (χ4v) is 5.23. The molecule has 0 bridgehead atoms. The van der Waals surface area contributed by atoms with Gasteiger partial charge in [-0.25, -0.2) is 9.18 Å². The summed E-state index contributed by atoms with van der Waals surface area (Å²) >= 11 is 0. The Morgan fingerprint density at radius 1 is 0.889 bits per heavy atom. The lowest BCUT2D eigenvalue weighted by molar-refractivity contribution is 0.229. The van der Waals surface area contributed by atoms with Crippen molar-refractivity contribution in [3.8, 4) is 22.7 Å². The Morgan fingerprint density at radius 2 is 1.61 bits per heavy atom. The van der Waals surface area contributed by atoms with Crippen molar-refractivity contribution < 1.29 is 9.13 Å². The topological polar surface area (TPSA) is 58.2 Å². The summed E-state index contributed by atoms with van der Waals surface area (Å²) in [5, 5.41) is 0.439. The molecule has 180 valence electrons. The molecule has 0 radical (unpaired) electrons. The van der Waals surface area contributed by atoms with Crippen LogP contribution in [0.4, 0.5) is 4.39 Å². The van der Waals surface area contributed by atoms with Gasteiger partial charge in [0.15, 0.2) is 6.10 Å². The van der Waals surface area contributed by atoms with Crippen molar-refractivity contribution in [2.75, 3.05) is 0 Å². The highest BCUT2D eigenvalue weighted by Gasteiger charge is 2.36. The standard InChI is InChI=1S/C29H24FN3O3/c1-16-9-14-22-21(15-16)33-24(20-8-6-5-7-17(20)2)23-25(31(3)29(35)32(4)28(23)34)26(33)27(36-22)18-10-12-19(30)13-11-18/h5-15,27H,1-4H3/t27-/m0/s1. The van der Waals surface area contributed by atoms with Crippen LogP contribution in [0.3, 0.4) is 0 Å². The number of ether oxygens (including phenoxy) is 1. The molecule has 36 heavy (non-hydrogen) atoms. The first-order valence-corrected chi connectivity index (χ1v) is 11.7. The zero-order valence-corrected chi connectivity index (χ0v) is 20.4. The number of hydrogen-bond donors (Lipinski definition) is 0. The van der Waals surface area contributed by atoms with Gasteiger partial charge in [0.1, 0.15) is 11.6 Å². The fraction of sp³-hybridized carbons (Fsp3) is 0.172. The highest BCUT2D eigenvalue weighted by molar-refractivity contribution is 5.98. The monoisotopic (exact) mass is 481 g/mol. The predicted octanol–water partition coefficient (Wildman–Crippen LogP) is 4.93. The Kier molecular flexibility index (Phi) is 4.80. The van der Waals surface area contributed by atoms with Crippen molar-refractivity contribution in [2.45, 2.75) is 20.0 Å². The molecule has 2 aromatic heterocycles. The van der Waals surface area contributed by atoms with Crippen LogP contribution in [0.15, 0.2) is 76.3 Å². The summed E-state index contributed by atoms with van der Waals surface area (Å²) < 4.78 is 25.1. The molecule has 3 aromatic carbocycles. The largest absolute Gasteiger partial charge is 0.477 e. The smallest absolute Gasteiger partial charge is 0.331 e. The van der Waals surface area contributed by atoms with Crippen molar-refractivity contribution in [1.29, 1.82) is 0 Å². The van der Waals surface area contributed by atoms with Crippen LogP contribution in [0.25, 0.3) is 27.8 Å². The minimum Gasteiger partial charge on any atom is -0.477 e. The normalized spacial score (nSPS) is 14.4. The maximum absolute atomic E-state index is 13.8. The molecule has 0 aliphatic carbocycles. The minimum atomic E-state index is -0.668. The average molecular weight is 482 g/mol. The van der Waals surface area contributed by atoms with Crippen molar-refractivity contribution in [3.63, 3.8) is 0 Å². The van der Waals surface area contributed by atoms with Gasteiger partial charge < -0.3 is 9.30 Å². The maximum Gasteiger partial charge on any atom is 0.331 e. The Hall–Kier alpha value is -4.39. The number of nitrogens with zero attached hydrogens (tertiary/aromatic N) is 3. The van der Waals surface area contributed by atoms with Gasteiger partial charge in [0, 0.05) is 19.7 Å². The highest BCUT2D eigenvalue weighted by atomic mass is 19.1. The third kappa shape index (κ3) is 3.02. The first kappa shape index (κ1) is 22.1. The van der Waals surface area contributed by atoms with Gasteiger partial charge in [-0.1, -0.05) is 42.5 Å². The molecule has 7 heteroatoms. The van der Waals surface area contributed by atoms with Gasteiger partial charge in [-0.2, -0.15) is 0 Å². The van der Waals surface area contributed by atoms with E-state index < -0.39 is 11.8 Å². The number of rotatable bonds is 2. The molecule has 0 N–H and O–H groups in total. The number of halogens is 1. The molecule has 0 unspecified atom stereocenters. The Morgan fingerprint density at radius 3 is 2.33 bits per heavy atom. The summed E-state index contributed by atoms with van der Waals surface area (Å²) in [6.45, 7) is 4.00. The highest BCUT2D eigenvalue weighted by Crippen LogP contribution is 2.47. The molecule has 6 nitrogen and oxygen atoms in total. The number of aryl methyl sites for hydroxylation is 3. The first-order valence-electron chi connectivity index (χ1n) is 11.7. The third-order valence-electron chi connectivity index (χ3n) is 7.03. The van der Waals surface area contributed by atoms with Crippen LogP contribution in [-0.2, 0) is 14.1 Å².